The first-order valence-corrected chi connectivity index (χ1v) is 5.84. The van der Waals surface area contributed by atoms with E-state index in [0.29, 0.717) is 28.4 Å². The van der Waals surface area contributed by atoms with Gasteiger partial charge in [0, 0.05) is 18.7 Å². The molecule has 0 amide bonds. The van der Waals surface area contributed by atoms with Gasteiger partial charge in [0.15, 0.2) is 0 Å². The first kappa shape index (κ1) is 12.5. The van der Waals surface area contributed by atoms with E-state index in [4.69, 9.17) is 0 Å². The second-order valence-electron chi connectivity index (χ2n) is 4.48. The van der Waals surface area contributed by atoms with E-state index in [1.165, 1.54) is 0 Å². The highest BCUT2D eigenvalue weighted by atomic mass is 16.5. The van der Waals surface area contributed by atoms with Crippen molar-refractivity contribution in [1.29, 1.82) is 0 Å². The predicted octanol–water partition coefficient (Wildman–Crippen LogP) is 0.545. The molecule has 0 aliphatic carbocycles. The number of benzene rings is 1. The van der Waals surface area contributed by atoms with Gasteiger partial charge in [-0.15, -0.1) is 0 Å². The third-order valence-corrected chi connectivity index (χ3v) is 2.66. The summed E-state index contributed by atoms with van der Waals surface area (Å²) in [6, 6.07) is 5.57. The van der Waals surface area contributed by atoms with Crippen LogP contribution in [0.2, 0.25) is 0 Å². The van der Waals surface area contributed by atoms with Crippen molar-refractivity contribution >= 4 is 17.0 Å². The van der Waals surface area contributed by atoms with Crippen molar-refractivity contribution in [1.82, 2.24) is 15.0 Å². The van der Waals surface area contributed by atoms with E-state index >= 15 is 0 Å². The Morgan fingerprint density at radius 2 is 2.17 bits per heavy atom. The van der Waals surface area contributed by atoms with Crippen molar-refractivity contribution in [2.75, 3.05) is 32.5 Å². The Hall–Kier alpha value is -1.95. The monoisotopic (exact) mass is 247 g/mol. The Balaban J connectivity index is 2.26. The van der Waals surface area contributed by atoms with Gasteiger partial charge in [-0.25, -0.2) is 4.98 Å². The van der Waals surface area contributed by atoms with E-state index < -0.39 is 0 Å². The maximum Gasteiger partial charge on any atom is 0.290 e. The smallest absolute Gasteiger partial charge is 0.290 e. The van der Waals surface area contributed by atoms with E-state index in [2.05, 4.69) is 15.4 Å². The van der Waals surface area contributed by atoms with Crippen LogP contribution in [0.15, 0.2) is 18.2 Å². The minimum atomic E-state index is 0.366. The zero-order valence-corrected chi connectivity index (χ0v) is 10.8. The van der Waals surface area contributed by atoms with Gasteiger partial charge in [-0.1, -0.05) is 12.1 Å². The maximum absolute atomic E-state index is 11.8. The van der Waals surface area contributed by atoms with E-state index in [9.17, 15) is 5.21 Å². The van der Waals surface area contributed by atoms with Crippen molar-refractivity contribution in [3.05, 3.63) is 29.0 Å². The molecular weight excluding hydrogens is 230 g/mol. The number of fused-ring (bicyclic) bond motifs is 1. The van der Waals surface area contributed by atoms with Crippen molar-refractivity contribution in [3.63, 3.8) is 0 Å². The van der Waals surface area contributed by atoms with Crippen LogP contribution in [0, 0.1) is 12.1 Å². The highest BCUT2D eigenvalue weighted by molar-refractivity contribution is 5.74. The molecular formula is C12H17N5O. The summed E-state index contributed by atoms with van der Waals surface area (Å²) in [4.78, 5) is 7.01. The van der Waals surface area contributed by atoms with Crippen LogP contribution < -0.4 is 10.2 Å². The van der Waals surface area contributed by atoms with Crippen LogP contribution in [0.4, 0.5) is 5.95 Å². The lowest BCUT2D eigenvalue weighted by molar-refractivity contribution is -0.641. The normalized spacial score (nSPS) is 11.1. The Morgan fingerprint density at radius 3 is 2.89 bits per heavy atom. The number of aromatic nitrogens is 3. The molecule has 0 saturated heterocycles. The molecule has 0 spiro atoms. The second kappa shape index (κ2) is 5.14. The fourth-order valence-corrected chi connectivity index (χ4v) is 1.72. The largest absolute Gasteiger partial charge is 0.594 e. The number of likely N-dealkylation sites (N-methyl/N-ethyl adjacent to an activating group) is 1. The highest BCUT2D eigenvalue weighted by Crippen LogP contribution is 2.12. The molecule has 1 aromatic carbocycles. The molecule has 6 nitrogen and oxygen atoms in total. The Bertz CT molecular complexity index is 555. The fraction of sp³-hybridized carbons (Fsp3) is 0.417. The van der Waals surface area contributed by atoms with Gasteiger partial charge < -0.3 is 15.4 Å². The summed E-state index contributed by atoms with van der Waals surface area (Å²) >= 11 is 0. The number of nitrogens with one attached hydrogen (secondary N) is 1. The number of para-hydroxylation sites is 1. The second-order valence-corrected chi connectivity index (χ2v) is 4.48. The first-order chi connectivity index (χ1) is 8.58. The molecule has 0 radical (unpaired) electrons. The van der Waals surface area contributed by atoms with Crippen LogP contribution in [0.5, 0.6) is 0 Å². The zero-order chi connectivity index (χ0) is 13.1. The Labute approximate surface area is 106 Å². The van der Waals surface area contributed by atoms with Crippen LogP contribution in [-0.4, -0.2) is 42.2 Å². The SMILES string of the molecule is Cc1cccc2nc(NCCN(C)C)n[n+]([O-])c12. The number of rotatable bonds is 4. The third-order valence-electron chi connectivity index (χ3n) is 2.66. The molecule has 0 fully saturated rings. The van der Waals surface area contributed by atoms with Gasteiger partial charge in [0.05, 0.1) is 5.10 Å². The summed E-state index contributed by atoms with van der Waals surface area (Å²) in [7, 11) is 3.97. The van der Waals surface area contributed by atoms with E-state index in [-0.39, 0.29) is 0 Å². The van der Waals surface area contributed by atoms with Gasteiger partial charge in [-0.2, -0.15) is 0 Å². The lowest BCUT2D eigenvalue weighted by atomic mass is 10.2. The van der Waals surface area contributed by atoms with Gasteiger partial charge in [0.25, 0.3) is 11.5 Å². The molecule has 2 aromatic rings. The molecule has 1 aromatic heterocycles. The summed E-state index contributed by atoms with van der Waals surface area (Å²) in [6.45, 7) is 3.43. The molecule has 0 unspecified atom stereocenters. The minimum Gasteiger partial charge on any atom is -0.594 e. The molecule has 0 aliphatic heterocycles. The third kappa shape index (κ3) is 2.65. The van der Waals surface area contributed by atoms with Crippen LogP contribution in [0.25, 0.3) is 11.0 Å². The summed E-state index contributed by atoms with van der Waals surface area (Å²) in [6.07, 6.45) is 0. The minimum absolute atomic E-state index is 0.366. The molecule has 2 rings (SSSR count). The van der Waals surface area contributed by atoms with E-state index in [1.54, 1.807) is 0 Å². The van der Waals surface area contributed by atoms with E-state index in [1.807, 2.05) is 44.1 Å². The summed E-state index contributed by atoms with van der Waals surface area (Å²) in [5, 5.41) is 18.8. The number of hydrogen-bond donors (Lipinski definition) is 1. The number of nitrogens with zero attached hydrogens (tertiary/aromatic N) is 4. The summed E-state index contributed by atoms with van der Waals surface area (Å²) < 4.78 is 0. The van der Waals surface area contributed by atoms with Crippen molar-refractivity contribution < 1.29 is 4.85 Å². The molecule has 0 bridgehead atoms. The van der Waals surface area contributed by atoms with E-state index in [0.717, 1.165) is 12.1 Å². The molecule has 6 heteroatoms. The van der Waals surface area contributed by atoms with Crippen LogP contribution in [-0.2, 0) is 0 Å². The average Bonchev–Trinajstić information content (AvgIpc) is 2.28. The summed E-state index contributed by atoms with van der Waals surface area (Å²) in [5.41, 5.74) is 2.06. The van der Waals surface area contributed by atoms with Gasteiger partial charge in [-0.3, -0.25) is 0 Å². The van der Waals surface area contributed by atoms with Crippen molar-refractivity contribution in [2.24, 2.45) is 0 Å². The number of anilines is 1. The number of aryl methyl sites for hydroxylation is 1. The van der Waals surface area contributed by atoms with Crippen molar-refractivity contribution in [3.8, 4) is 0 Å². The predicted molar refractivity (Wildman–Crippen MR) is 70.3 cm³/mol. The van der Waals surface area contributed by atoms with Crippen molar-refractivity contribution in [2.45, 2.75) is 6.92 Å². The fourth-order valence-electron chi connectivity index (χ4n) is 1.72. The zero-order valence-electron chi connectivity index (χ0n) is 10.8. The Kier molecular flexibility index (Phi) is 3.57. The standard InChI is InChI=1S/C12H17N5O/c1-9-5-4-6-10-11(9)17(18)15-12(14-10)13-7-8-16(2)3/h4-6H,7-8H2,1-3H3,(H,13,14,15). The van der Waals surface area contributed by atoms with Gasteiger partial charge in [-0.05, 0) is 31.9 Å². The Morgan fingerprint density at radius 1 is 1.39 bits per heavy atom. The van der Waals surface area contributed by atoms with Crippen LogP contribution in [0.3, 0.4) is 0 Å². The average molecular weight is 247 g/mol. The molecule has 0 saturated carbocycles. The molecule has 1 N–H and O–H groups in total. The first-order valence-electron chi connectivity index (χ1n) is 5.84. The van der Waals surface area contributed by atoms with Crippen LogP contribution in [0.1, 0.15) is 5.56 Å². The van der Waals surface area contributed by atoms with Gasteiger partial charge in [0.2, 0.25) is 0 Å². The molecule has 1 heterocycles. The lowest BCUT2D eigenvalue weighted by Crippen LogP contribution is -2.35. The highest BCUT2D eigenvalue weighted by Gasteiger charge is 2.12. The molecule has 96 valence electrons. The topological polar surface area (TPSA) is 68.0 Å². The molecule has 0 atom stereocenters. The van der Waals surface area contributed by atoms with Gasteiger partial charge >= 0.3 is 0 Å². The lowest BCUT2D eigenvalue weighted by Gasteiger charge is -2.10. The number of hydrogen-bond acceptors (Lipinski definition) is 5. The quantitative estimate of drug-likeness (QED) is 0.631. The molecule has 18 heavy (non-hydrogen) atoms. The molecule has 0 aliphatic rings. The van der Waals surface area contributed by atoms with Crippen LogP contribution >= 0.6 is 0 Å². The van der Waals surface area contributed by atoms with Gasteiger partial charge in [0.1, 0.15) is 5.52 Å². The maximum atomic E-state index is 11.8. The summed E-state index contributed by atoms with van der Waals surface area (Å²) in [5.74, 6) is 0.366.